The minimum Gasteiger partial charge on any atom is -0.479 e. The van der Waals surface area contributed by atoms with E-state index in [1.807, 2.05) is 0 Å². The largest absolute Gasteiger partial charge is 0.479 e. The van der Waals surface area contributed by atoms with Crippen LogP contribution in [0.4, 0.5) is 5.82 Å². The second-order valence-electron chi connectivity index (χ2n) is 5.21. The summed E-state index contributed by atoms with van der Waals surface area (Å²) in [5.74, 6) is -0.398. The highest BCUT2D eigenvalue weighted by atomic mass is 35.5. The number of nitrogen functional groups attached to an aromatic ring is 1. The summed E-state index contributed by atoms with van der Waals surface area (Å²) < 4.78 is 6.47. The van der Waals surface area contributed by atoms with Crippen LogP contribution < -0.4 is 10.5 Å². The lowest BCUT2D eigenvalue weighted by molar-refractivity contribution is 0.103. The Morgan fingerprint density at radius 2 is 1.69 bits per heavy atom. The van der Waals surface area contributed by atoms with Crippen molar-refractivity contribution in [2.75, 3.05) is 12.8 Å². The summed E-state index contributed by atoms with van der Waals surface area (Å²) in [6.07, 6.45) is 0. The molecule has 9 heteroatoms. The molecule has 0 atom stereocenters. The van der Waals surface area contributed by atoms with Crippen LogP contribution in [0, 0.1) is 0 Å². The van der Waals surface area contributed by atoms with Crippen LogP contribution in [0.25, 0.3) is 5.69 Å². The average molecular weight is 431 g/mol. The average Bonchev–Trinajstić information content (AvgIpc) is 2.90. The molecule has 2 aromatic carbocycles. The molecule has 3 rings (SSSR count). The van der Waals surface area contributed by atoms with Crippen LogP contribution in [0.1, 0.15) is 15.9 Å². The van der Waals surface area contributed by atoms with E-state index < -0.39 is 5.78 Å². The molecule has 26 heavy (non-hydrogen) atoms. The molecule has 134 valence electrons. The van der Waals surface area contributed by atoms with Crippen molar-refractivity contribution >= 4 is 58.0 Å². The van der Waals surface area contributed by atoms with E-state index in [0.717, 1.165) is 0 Å². The van der Waals surface area contributed by atoms with Gasteiger partial charge in [-0.1, -0.05) is 58.5 Å². The number of anilines is 1. The summed E-state index contributed by atoms with van der Waals surface area (Å²) in [4.78, 5) is 13.0. The minimum atomic E-state index is -0.433. The Hall–Kier alpha value is -1.92. The van der Waals surface area contributed by atoms with Crippen molar-refractivity contribution in [1.82, 2.24) is 9.78 Å². The summed E-state index contributed by atoms with van der Waals surface area (Å²) in [6.45, 7) is 0. The molecular formula is C17H11Cl4N3O2. The maximum absolute atomic E-state index is 13.0. The molecule has 0 amide bonds. The molecule has 1 heterocycles. The lowest BCUT2D eigenvalue weighted by Crippen LogP contribution is -2.08. The highest BCUT2D eigenvalue weighted by Gasteiger charge is 2.27. The predicted molar refractivity (Wildman–Crippen MR) is 104 cm³/mol. The third-order valence-corrected chi connectivity index (χ3v) is 4.75. The van der Waals surface area contributed by atoms with Crippen LogP contribution in [-0.4, -0.2) is 22.7 Å². The third kappa shape index (κ3) is 3.23. The molecule has 3 aromatic rings. The Morgan fingerprint density at radius 3 is 2.27 bits per heavy atom. The Morgan fingerprint density at radius 1 is 1.08 bits per heavy atom. The van der Waals surface area contributed by atoms with Gasteiger partial charge in [-0.2, -0.15) is 0 Å². The van der Waals surface area contributed by atoms with Crippen LogP contribution in [0.2, 0.25) is 20.1 Å². The van der Waals surface area contributed by atoms with Gasteiger partial charge >= 0.3 is 0 Å². The fraction of sp³-hybridized carbons (Fsp3) is 0.0588. The molecule has 0 aliphatic rings. The van der Waals surface area contributed by atoms with Crippen molar-refractivity contribution < 1.29 is 9.53 Å². The van der Waals surface area contributed by atoms with Crippen LogP contribution in [0.5, 0.6) is 5.88 Å². The minimum absolute atomic E-state index is 0.0119. The fourth-order valence-electron chi connectivity index (χ4n) is 2.45. The molecule has 0 bridgehead atoms. The van der Waals surface area contributed by atoms with Crippen molar-refractivity contribution in [3.63, 3.8) is 0 Å². The molecular weight excluding hydrogens is 420 g/mol. The van der Waals surface area contributed by atoms with Crippen molar-refractivity contribution in [1.29, 1.82) is 0 Å². The van der Waals surface area contributed by atoms with E-state index in [0.29, 0.717) is 5.02 Å². The second-order valence-corrected chi connectivity index (χ2v) is 6.87. The van der Waals surface area contributed by atoms with E-state index in [-0.39, 0.29) is 43.6 Å². The van der Waals surface area contributed by atoms with E-state index >= 15 is 0 Å². The van der Waals surface area contributed by atoms with Gasteiger partial charge in [0.2, 0.25) is 11.7 Å². The normalized spacial score (nSPS) is 10.8. The molecule has 0 radical (unpaired) electrons. The van der Waals surface area contributed by atoms with Crippen LogP contribution in [0.3, 0.4) is 0 Å². The lowest BCUT2D eigenvalue weighted by atomic mass is 10.1. The summed E-state index contributed by atoms with van der Waals surface area (Å²) in [6, 6.07) is 9.59. The van der Waals surface area contributed by atoms with Gasteiger partial charge in [-0.3, -0.25) is 4.79 Å². The number of hydrogen-bond donors (Lipinski definition) is 1. The molecule has 2 N–H and O–H groups in total. The molecule has 0 saturated carbocycles. The number of carbonyl (C=O) groups excluding carboxylic acids is 1. The first kappa shape index (κ1) is 18.9. The van der Waals surface area contributed by atoms with Gasteiger partial charge in [0.05, 0.1) is 22.2 Å². The van der Waals surface area contributed by atoms with Gasteiger partial charge in [0, 0.05) is 10.6 Å². The Kier molecular flexibility index (Phi) is 5.34. The van der Waals surface area contributed by atoms with Gasteiger partial charge < -0.3 is 10.5 Å². The highest BCUT2D eigenvalue weighted by Crippen LogP contribution is 2.37. The molecule has 5 nitrogen and oxygen atoms in total. The van der Waals surface area contributed by atoms with Crippen LogP contribution in [-0.2, 0) is 0 Å². The van der Waals surface area contributed by atoms with Crippen LogP contribution >= 0.6 is 46.4 Å². The first-order chi connectivity index (χ1) is 12.3. The number of halogens is 4. The molecule has 0 unspecified atom stereocenters. The van der Waals surface area contributed by atoms with E-state index in [2.05, 4.69) is 5.10 Å². The Labute approximate surface area is 169 Å². The van der Waals surface area contributed by atoms with Crippen molar-refractivity contribution in [2.45, 2.75) is 0 Å². The highest BCUT2D eigenvalue weighted by molar-refractivity contribution is 6.40. The van der Waals surface area contributed by atoms with Crippen molar-refractivity contribution in [3.8, 4) is 11.6 Å². The number of ether oxygens (including phenoxy) is 1. The number of aromatic nitrogens is 2. The molecule has 0 saturated heterocycles. The number of carbonyl (C=O) groups is 1. The topological polar surface area (TPSA) is 70.1 Å². The fourth-order valence-corrected chi connectivity index (χ4v) is 3.65. The predicted octanol–water partition coefficient (Wildman–Crippen LogP) is 5.31. The summed E-state index contributed by atoms with van der Waals surface area (Å²) in [7, 11) is 1.38. The Balaban J connectivity index is 2.22. The first-order valence-corrected chi connectivity index (χ1v) is 8.73. The van der Waals surface area contributed by atoms with E-state index in [4.69, 9.17) is 56.9 Å². The molecule has 0 spiro atoms. The Bertz CT molecular complexity index is 994. The van der Waals surface area contributed by atoms with Gasteiger partial charge in [-0.25, -0.2) is 4.68 Å². The first-order valence-electron chi connectivity index (χ1n) is 7.21. The van der Waals surface area contributed by atoms with Crippen molar-refractivity contribution in [2.24, 2.45) is 0 Å². The molecule has 0 aliphatic carbocycles. The third-order valence-electron chi connectivity index (χ3n) is 3.62. The van der Waals surface area contributed by atoms with Crippen LogP contribution in [0.15, 0.2) is 36.4 Å². The summed E-state index contributed by atoms with van der Waals surface area (Å²) >= 11 is 24.5. The number of nitrogens with two attached hydrogens (primary N) is 1. The van der Waals surface area contributed by atoms with E-state index in [9.17, 15) is 4.79 Å². The van der Waals surface area contributed by atoms with Gasteiger partial charge in [-0.05, 0) is 24.3 Å². The van der Waals surface area contributed by atoms with E-state index in [1.165, 1.54) is 23.9 Å². The number of hydrogen-bond acceptors (Lipinski definition) is 4. The molecule has 0 aliphatic heterocycles. The summed E-state index contributed by atoms with van der Waals surface area (Å²) in [5.41, 5.74) is 6.79. The zero-order valence-electron chi connectivity index (χ0n) is 13.3. The quantitative estimate of drug-likeness (QED) is 0.569. The van der Waals surface area contributed by atoms with Gasteiger partial charge in [0.25, 0.3) is 0 Å². The number of benzene rings is 2. The van der Waals surface area contributed by atoms with E-state index in [1.54, 1.807) is 24.3 Å². The van der Waals surface area contributed by atoms with Crippen molar-refractivity contribution in [3.05, 3.63) is 67.6 Å². The molecule has 1 aromatic heterocycles. The number of nitrogens with zero attached hydrogens (tertiary/aromatic N) is 2. The number of rotatable bonds is 4. The number of methoxy groups -OCH3 is 1. The van der Waals surface area contributed by atoms with Gasteiger partial charge in [0.15, 0.2) is 0 Å². The summed E-state index contributed by atoms with van der Waals surface area (Å²) in [5, 5.41) is 5.30. The monoisotopic (exact) mass is 429 g/mol. The SMILES string of the molecule is COc1nn(-c2c(Cl)cc(Cl)cc2Cl)c(N)c1C(=O)c1ccccc1Cl. The van der Waals surface area contributed by atoms with Gasteiger partial charge in [-0.15, -0.1) is 5.10 Å². The maximum Gasteiger partial charge on any atom is 0.246 e. The lowest BCUT2D eigenvalue weighted by Gasteiger charge is -2.09. The second kappa shape index (κ2) is 7.37. The maximum atomic E-state index is 13.0. The smallest absolute Gasteiger partial charge is 0.246 e. The zero-order valence-corrected chi connectivity index (χ0v) is 16.3. The number of ketones is 1. The van der Waals surface area contributed by atoms with Gasteiger partial charge in [0.1, 0.15) is 17.1 Å². The molecule has 0 fully saturated rings. The zero-order chi connectivity index (χ0) is 19.0. The standard InChI is InChI=1S/C17H11Cl4N3O2/c1-26-17-13(15(25)9-4-2-3-5-10(9)19)16(22)24(23-17)14-11(20)6-8(18)7-12(14)21/h2-7H,22H2,1H3.